The van der Waals surface area contributed by atoms with Gasteiger partial charge >= 0.3 is 6.03 Å². The number of fused-ring (bicyclic) bond motifs is 1. The van der Waals surface area contributed by atoms with Gasteiger partial charge in [-0.15, -0.1) is 0 Å². The fourth-order valence-corrected chi connectivity index (χ4v) is 2.33. The number of carbonyl (C=O) groups is 1. The highest BCUT2D eigenvalue weighted by Crippen LogP contribution is 2.20. The largest absolute Gasteiger partial charge is 0.387 e. The maximum absolute atomic E-state index is 11.8. The van der Waals surface area contributed by atoms with E-state index >= 15 is 0 Å². The van der Waals surface area contributed by atoms with Crippen LogP contribution in [0.5, 0.6) is 0 Å². The number of nitrogens with one attached hydrogen (secondary N) is 2. The van der Waals surface area contributed by atoms with Gasteiger partial charge in [0.05, 0.1) is 6.10 Å². The fraction of sp³-hybridized carbons (Fsp3) is 0.111. The van der Waals surface area contributed by atoms with E-state index in [1.54, 1.807) is 24.5 Å². The number of rotatable bonds is 4. The van der Waals surface area contributed by atoms with Crippen LogP contribution in [0.2, 0.25) is 0 Å². The molecule has 1 atom stereocenters. The predicted octanol–water partition coefficient (Wildman–Crippen LogP) is 3.09. The van der Waals surface area contributed by atoms with Crippen LogP contribution in [0.3, 0.4) is 0 Å². The lowest BCUT2D eigenvalue weighted by Crippen LogP contribution is -2.32. The molecule has 23 heavy (non-hydrogen) atoms. The lowest BCUT2D eigenvalue weighted by atomic mass is 10.0. The number of amides is 2. The van der Waals surface area contributed by atoms with Gasteiger partial charge in [0, 0.05) is 24.6 Å². The molecule has 116 valence electrons. The Morgan fingerprint density at radius 3 is 2.57 bits per heavy atom. The summed E-state index contributed by atoms with van der Waals surface area (Å²) < 4.78 is 0. The molecule has 0 aliphatic rings. The summed E-state index contributed by atoms with van der Waals surface area (Å²) in [5.41, 5.74) is 1.42. The molecule has 0 aliphatic carbocycles. The fourth-order valence-electron chi connectivity index (χ4n) is 2.33. The summed E-state index contributed by atoms with van der Waals surface area (Å²) in [6.07, 6.45) is 2.43. The Morgan fingerprint density at radius 2 is 1.78 bits per heavy atom. The molecule has 2 aromatic carbocycles. The summed E-state index contributed by atoms with van der Waals surface area (Å²) in [5, 5.41) is 17.8. The first kappa shape index (κ1) is 15.0. The summed E-state index contributed by atoms with van der Waals surface area (Å²) in [6, 6.07) is 16.7. The maximum atomic E-state index is 11.8. The normalized spacial score (nSPS) is 11.9. The molecule has 0 saturated carbocycles. The summed E-state index contributed by atoms with van der Waals surface area (Å²) in [4.78, 5) is 15.7. The SMILES string of the molecule is O=C(NCC(O)c1ccc2ccccc2c1)Nc1ccncc1. The number of pyridine rings is 1. The van der Waals surface area contributed by atoms with E-state index in [2.05, 4.69) is 15.6 Å². The highest BCUT2D eigenvalue weighted by Gasteiger charge is 2.10. The topological polar surface area (TPSA) is 74.2 Å². The Bertz CT molecular complexity index is 805. The molecule has 5 heteroatoms. The van der Waals surface area contributed by atoms with Gasteiger partial charge in [0.1, 0.15) is 0 Å². The third kappa shape index (κ3) is 3.84. The first-order valence-corrected chi connectivity index (χ1v) is 7.34. The smallest absolute Gasteiger partial charge is 0.319 e. The van der Waals surface area contributed by atoms with Crippen LogP contribution in [0, 0.1) is 0 Å². The van der Waals surface area contributed by atoms with Gasteiger partial charge in [-0.05, 0) is 34.5 Å². The van der Waals surface area contributed by atoms with E-state index in [4.69, 9.17) is 0 Å². The van der Waals surface area contributed by atoms with Crippen molar-refractivity contribution in [2.45, 2.75) is 6.10 Å². The van der Waals surface area contributed by atoms with Crippen molar-refractivity contribution in [3.8, 4) is 0 Å². The monoisotopic (exact) mass is 307 g/mol. The van der Waals surface area contributed by atoms with E-state index in [0.717, 1.165) is 16.3 Å². The van der Waals surface area contributed by atoms with Crippen molar-refractivity contribution in [3.05, 3.63) is 72.6 Å². The Morgan fingerprint density at radius 1 is 1.04 bits per heavy atom. The third-order valence-corrected chi connectivity index (χ3v) is 3.55. The van der Waals surface area contributed by atoms with E-state index in [-0.39, 0.29) is 12.6 Å². The second-order valence-corrected chi connectivity index (χ2v) is 5.19. The van der Waals surface area contributed by atoms with Gasteiger partial charge in [0.15, 0.2) is 0 Å². The number of anilines is 1. The molecule has 2 amide bonds. The van der Waals surface area contributed by atoms with Crippen LogP contribution < -0.4 is 10.6 Å². The van der Waals surface area contributed by atoms with Gasteiger partial charge in [0.25, 0.3) is 0 Å². The number of hydrogen-bond donors (Lipinski definition) is 3. The van der Waals surface area contributed by atoms with E-state index in [1.807, 2.05) is 42.5 Å². The maximum Gasteiger partial charge on any atom is 0.319 e. The van der Waals surface area contributed by atoms with E-state index < -0.39 is 6.10 Å². The minimum Gasteiger partial charge on any atom is -0.387 e. The quantitative estimate of drug-likeness (QED) is 0.693. The van der Waals surface area contributed by atoms with Crippen LogP contribution in [0.25, 0.3) is 10.8 Å². The highest BCUT2D eigenvalue weighted by molar-refractivity contribution is 5.89. The molecule has 0 fully saturated rings. The summed E-state index contributed by atoms with van der Waals surface area (Å²) >= 11 is 0. The van der Waals surface area contributed by atoms with Crippen molar-refractivity contribution in [1.29, 1.82) is 0 Å². The average molecular weight is 307 g/mol. The van der Waals surface area contributed by atoms with Crippen LogP contribution in [0.4, 0.5) is 10.5 Å². The zero-order chi connectivity index (χ0) is 16.1. The highest BCUT2D eigenvalue weighted by atomic mass is 16.3. The zero-order valence-electron chi connectivity index (χ0n) is 12.4. The molecule has 1 aromatic heterocycles. The number of aliphatic hydroxyl groups is 1. The Hall–Kier alpha value is -2.92. The van der Waals surface area contributed by atoms with Crippen molar-refractivity contribution in [3.63, 3.8) is 0 Å². The zero-order valence-corrected chi connectivity index (χ0v) is 12.4. The van der Waals surface area contributed by atoms with Crippen LogP contribution in [-0.2, 0) is 0 Å². The number of carbonyl (C=O) groups excluding carboxylic acids is 1. The molecule has 3 N–H and O–H groups in total. The Balaban J connectivity index is 1.59. The first-order valence-electron chi connectivity index (χ1n) is 7.34. The van der Waals surface area contributed by atoms with Crippen LogP contribution in [-0.4, -0.2) is 22.7 Å². The minimum atomic E-state index is -0.761. The van der Waals surface area contributed by atoms with Gasteiger partial charge in [0.2, 0.25) is 0 Å². The summed E-state index contributed by atoms with van der Waals surface area (Å²) in [6.45, 7) is 0.134. The second kappa shape index (κ2) is 6.89. The lowest BCUT2D eigenvalue weighted by Gasteiger charge is -2.13. The Kier molecular flexibility index (Phi) is 4.49. The average Bonchev–Trinajstić information content (AvgIpc) is 2.60. The number of urea groups is 1. The standard InChI is InChI=1S/C18H17N3O2/c22-17(12-20-18(23)21-16-7-9-19-10-8-16)15-6-5-13-3-1-2-4-14(13)11-15/h1-11,17,22H,12H2,(H2,19,20,21,23). The van der Waals surface area contributed by atoms with Gasteiger partial charge in [-0.3, -0.25) is 4.98 Å². The van der Waals surface area contributed by atoms with Crippen LogP contribution in [0.1, 0.15) is 11.7 Å². The molecule has 3 aromatic rings. The number of hydrogen-bond acceptors (Lipinski definition) is 3. The van der Waals surface area contributed by atoms with Crippen molar-refractivity contribution < 1.29 is 9.90 Å². The van der Waals surface area contributed by atoms with Crippen molar-refractivity contribution in [1.82, 2.24) is 10.3 Å². The number of aliphatic hydroxyl groups excluding tert-OH is 1. The number of benzene rings is 2. The minimum absolute atomic E-state index is 0.134. The van der Waals surface area contributed by atoms with E-state index in [9.17, 15) is 9.90 Å². The summed E-state index contributed by atoms with van der Waals surface area (Å²) in [7, 11) is 0. The molecule has 0 radical (unpaired) electrons. The molecule has 0 saturated heterocycles. The van der Waals surface area contributed by atoms with Crippen molar-refractivity contribution in [2.75, 3.05) is 11.9 Å². The van der Waals surface area contributed by atoms with E-state index in [1.165, 1.54) is 0 Å². The molecule has 0 bridgehead atoms. The number of nitrogens with zero attached hydrogens (tertiary/aromatic N) is 1. The molecular weight excluding hydrogens is 290 g/mol. The molecule has 0 spiro atoms. The summed E-state index contributed by atoms with van der Waals surface area (Å²) in [5.74, 6) is 0. The molecular formula is C18H17N3O2. The molecule has 5 nitrogen and oxygen atoms in total. The third-order valence-electron chi connectivity index (χ3n) is 3.55. The molecule has 1 unspecified atom stereocenters. The van der Waals surface area contributed by atoms with Crippen molar-refractivity contribution >= 4 is 22.5 Å². The molecule has 3 rings (SSSR count). The number of aromatic nitrogens is 1. The van der Waals surface area contributed by atoms with E-state index in [0.29, 0.717) is 5.69 Å². The van der Waals surface area contributed by atoms with Gasteiger partial charge in [-0.25, -0.2) is 4.79 Å². The van der Waals surface area contributed by atoms with Crippen LogP contribution in [0.15, 0.2) is 67.0 Å². The second-order valence-electron chi connectivity index (χ2n) is 5.19. The first-order chi connectivity index (χ1) is 11.2. The van der Waals surface area contributed by atoms with Gasteiger partial charge < -0.3 is 15.7 Å². The Labute approximate surface area is 134 Å². The predicted molar refractivity (Wildman–Crippen MR) is 90.2 cm³/mol. The molecule has 0 aliphatic heterocycles. The van der Waals surface area contributed by atoms with Gasteiger partial charge in [-0.2, -0.15) is 0 Å². The van der Waals surface area contributed by atoms with Gasteiger partial charge in [-0.1, -0.05) is 36.4 Å². The van der Waals surface area contributed by atoms with Crippen molar-refractivity contribution in [2.24, 2.45) is 0 Å². The molecule has 1 heterocycles. The lowest BCUT2D eigenvalue weighted by molar-refractivity contribution is 0.175. The van der Waals surface area contributed by atoms with Crippen LogP contribution >= 0.6 is 0 Å².